The van der Waals surface area contributed by atoms with E-state index >= 15 is 0 Å². The molecule has 1 saturated carbocycles. The number of methoxy groups -OCH3 is 1. The molecule has 1 spiro atoms. The Morgan fingerprint density at radius 3 is 3.23 bits per heavy atom. The van der Waals surface area contributed by atoms with E-state index in [1.54, 1.807) is 7.11 Å². The van der Waals surface area contributed by atoms with Crippen molar-refractivity contribution in [3.05, 3.63) is 12.2 Å². The van der Waals surface area contributed by atoms with Gasteiger partial charge in [0.05, 0.1) is 12.7 Å². The van der Waals surface area contributed by atoms with Crippen molar-refractivity contribution in [1.29, 1.82) is 0 Å². The molecule has 74 valence electrons. The Hall–Kier alpha value is -0.380. The van der Waals surface area contributed by atoms with Crippen molar-refractivity contribution in [2.75, 3.05) is 20.5 Å². The van der Waals surface area contributed by atoms with E-state index in [9.17, 15) is 0 Å². The van der Waals surface area contributed by atoms with Gasteiger partial charge in [0.15, 0.2) is 0 Å². The summed E-state index contributed by atoms with van der Waals surface area (Å²) in [6.07, 6.45) is 7.75. The highest BCUT2D eigenvalue weighted by molar-refractivity contribution is 5.14. The summed E-state index contributed by atoms with van der Waals surface area (Å²) >= 11 is 0. The third-order valence-electron chi connectivity index (χ3n) is 2.81. The first kappa shape index (κ1) is 9.19. The molecule has 0 radical (unpaired) electrons. The number of ether oxygens (including phenoxy) is 3. The SMILES string of the molecule is COCO[C@@H]1CCCC12C=CCO2. The van der Waals surface area contributed by atoms with E-state index in [1.807, 2.05) is 0 Å². The van der Waals surface area contributed by atoms with E-state index in [2.05, 4.69) is 12.2 Å². The van der Waals surface area contributed by atoms with Crippen molar-refractivity contribution in [1.82, 2.24) is 0 Å². The molecule has 1 aliphatic carbocycles. The lowest BCUT2D eigenvalue weighted by Gasteiger charge is -2.28. The normalized spacial score (nSPS) is 37.8. The van der Waals surface area contributed by atoms with Crippen LogP contribution in [0.25, 0.3) is 0 Å². The molecular weight excluding hydrogens is 168 g/mol. The summed E-state index contributed by atoms with van der Waals surface area (Å²) < 4.78 is 16.2. The van der Waals surface area contributed by atoms with Crippen molar-refractivity contribution in [3.63, 3.8) is 0 Å². The zero-order valence-electron chi connectivity index (χ0n) is 7.99. The summed E-state index contributed by atoms with van der Waals surface area (Å²) in [5.74, 6) is 0. The molecule has 1 unspecified atom stereocenters. The quantitative estimate of drug-likeness (QED) is 0.491. The van der Waals surface area contributed by atoms with Crippen LogP contribution in [0.3, 0.4) is 0 Å². The molecule has 1 aliphatic heterocycles. The fourth-order valence-corrected chi connectivity index (χ4v) is 2.20. The smallest absolute Gasteiger partial charge is 0.146 e. The van der Waals surface area contributed by atoms with Crippen molar-refractivity contribution in [3.8, 4) is 0 Å². The van der Waals surface area contributed by atoms with Crippen LogP contribution in [0, 0.1) is 0 Å². The second kappa shape index (κ2) is 3.78. The molecule has 2 rings (SSSR count). The van der Waals surface area contributed by atoms with Gasteiger partial charge in [0.2, 0.25) is 0 Å². The summed E-state index contributed by atoms with van der Waals surface area (Å²) in [6.45, 7) is 1.09. The summed E-state index contributed by atoms with van der Waals surface area (Å²) in [7, 11) is 1.65. The van der Waals surface area contributed by atoms with E-state index < -0.39 is 0 Å². The van der Waals surface area contributed by atoms with Crippen molar-refractivity contribution in [2.45, 2.75) is 31.0 Å². The first-order valence-corrected chi connectivity index (χ1v) is 4.79. The molecule has 1 fully saturated rings. The summed E-state index contributed by atoms with van der Waals surface area (Å²) in [6, 6.07) is 0. The fraction of sp³-hybridized carbons (Fsp3) is 0.800. The van der Waals surface area contributed by atoms with E-state index in [0.717, 1.165) is 19.4 Å². The van der Waals surface area contributed by atoms with Gasteiger partial charge >= 0.3 is 0 Å². The third-order valence-corrected chi connectivity index (χ3v) is 2.81. The Kier molecular flexibility index (Phi) is 2.67. The average Bonchev–Trinajstić information content (AvgIpc) is 2.75. The van der Waals surface area contributed by atoms with Gasteiger partial charge < -0.3 is 14.2 Å². The Balaban J connectivity index is 1.97. The van der Waals surface area contributed by atoms with E-state index in [0.29, 0.717) is 6.79 Å². The molecule has 1 heterocycles. The standard InChI is InChI=1S/C10H16O3/c1-11-8-12-9-4-2-5-10(9)6-3-7-13-10/h3,6,9H,2,4-5,7-8H2,1H3/t9-,10?/m1/s1. The minimum Gasteiger partial charge on any atom is -0.364 e. The largest absolute Gasteiger partial charge is 0.364 e. The zero-order chi connectivity index (χ0) is 9.15. The Labute approximate surface area is 78.7 Å². The van der Waals surface area contributed by atoms with E-state index in [1.165, 1.54) is 6.42 Å². The fourth-order valence-electron chi connectivity index (χ4n) is 2.20. The lowest BCUT2D eigenvalue weighted by Crippen LogP contribution is -2.38. The van der Waals surface area contributed by atoms with Gasteiger partial charge in [-0.1, -0.05) is 12.2 Å². The molecule has 0 amide bonds. The highest BCUT2D eigenvalue weighted by Crippen LogP contribution is 2.39. The number of hydrogen-bond acceptors (Lipinski definition) is 3. The molecule has 0 saturated heterocycles. The van der Waals surface area contributed by atoms with Crippen LogP contribution in [-0.4, -0.2) is 32.2 Å². The summed E-state index contributed by atoms with van der Waals surface area (Å²) in [4.78, 5) is 0. The van der Waals surface area contributed by atoms with Crippen LogP contribution in [0.2, 0.25) is 0 Å². The molecule has 2 aliphatic rings. The van der Waals surface area contributed by atoms with Gasteiger partial charge in [-0.3, -0.25) is 0 Å². The zero-order valence-corrected chi connectivity index (χ0v) is 7.99. The minimum atomic E-state index is -0.126. The lowest BCUT2D eigenvalue weighted by molar-refractivity contribution is -0.135. The second-order valence-electron chi connectivity index (χ2n) is 3.62. The molecule has 0 N–H and O–H groups in total. The summed E-state index contributed by atoms with van der Waals surface area (Å²) in [5.41, 5.74) is -0.126. The summed E-state index contributed by atoms with van der Waals surface area (Å²) in [5, 5.41) is 0. The Bertz CT molecular complexity index is 202. The van der Waals surface area contributed by atoms with Gasteiger partial charge in [0.25, 0.3) is 0 Å². The topological polar surface area (TPSA) is 27.7 Å². The van der Waals surface area contributed by atoms with Gasteiger partial charge in [-0.05, 0) is 19.3 Å². The molecule has 0 aromatic heterocycles. The molecule has 3 nitrogen and oxygen atoms in total. The Morgan fingerprint density at radius 1 is 1.62 bits per heavy atom. The van der Waals surface area contributed by atoms with Gasteiger partial charge in [-0.15, -0.1) is 0 Å². The van der Waals surface area contributed by atoms with Crippen molar-refractivity contribution in [2.24, 2.45) is 0 Å². The molecule has 2 atom stereocenters. The van der Waals surface area contributed by atoms with Gasteiger partial charge in [0, 0.05) is 7.11 Å². The van der Waals surface area contributed by atoms with E-state index in [4.69, 9.17) is 14.2 Å². The van der Waals surface area contributed by atoms with Gasteiger partial charge in [-0.2, -0.15) is 0 Å². The Morgan fingerprint density at radius 2 is 2.54 bits per heavy atom. The van der Waals surface area contributed by atoms with Crippen LogP contribution in [0.4, 0.5) is 0 Å². The molecule has 0 aromatic rings. The second-order valence-corrected chi connectivity index (χ2v) is 3.62. The highest BCUT2D eigenvalue weighted by atomic mass is 16.7. The molecule has 13 heavy (non-hydrogen) atoms. The van der Waals surface area contributed by atoms with Gasteiger partial charge in [0.1, 0.15) is 12.4 Å². The minimum absolute atomic E-state index is 0.126. The first-order chi connectivity index (χ1) is 6.37. The number of hydrogen-bond donors (Lipinski definition) is 0. The predicted molar refractivity (Wildman–Crippen MR) is 48.4 cm³/mol. The third kappa shape index (κ3) is 1.64. The molecule has 0 bridgehead atoms. The van der Waals surface area contributed by atoms with Crippen molar-refractivity contribution < 1.29 is 14.2 Å². The molecule has 0 aromatic carbocycles. The maximum atomic E-state index is 5.72. The van der Waals surface area contributed by atoms with Crippen LogP contribution in [0.5, 0.6) is 0 Å². The average molecular weight is 184 g/mol. The van der Waals surface area contributed by atoms with E-state index in [-0.39, 0.29) is 11.7 Å². The first-order valence-electron chi connectivity index (χ1n) is 4.79. The van der Waals surface area contributed by atoms with Gasteiger partial charge in [-0.25, -0.2) is 0 Å². The molecular formula is C10H16O3. The monoisotopic (exact) mass is 184 g/mol. The van der Waals surface area contributed by atoms with Crippen LogP contribution < -0.4 is 0 Å². The van der Waals surface area contributed by atoms with Crippen LogP contribution in [0.1, 0.15) is 19.3 Å². The van der Waals surface area contributed by atoms with Crippen LogP contribution in [0.15, 0.2) is 12.2 Å². The maximum absolute atomic E-state index is 5.72. The predicted octanol–water partition coefficient (Wildman–Crippen LogP) is 1.48. The number of rotatable bonds is 3. The van der Waals surface area contributed by atoms with Crippen LogP contribution >= 0.6 is 0 Å². The maximum Gasteiger partial charge on any atom is 0.146 e. The van der Waals surface area contributed by atoms with Crippen LogP contribution in [-0.2, 0) is 14.2 Å². The van der Waals surface area contributed by atoms with Crippen molar-refractivity contribution >= 4 is 0 Å². The highest BCUT2D eigenvalue weighted by Gasteiger charge is 2.44. The molecule has 3 heteroatoms. The lowest BCUT2D eigenvalue weighted by atomic mass is 10.0.